The third-order valence-corrected chi connectivity index (χ3v) is 5.05. The molecule has 0 spiro atoms. The third kappa shape index (κ3) is 3.43. The Morgan fingerprint density at radius 2 is 1.95 bits per heavy atom. The van der Waals surface area contributed by atoms with Crippen LogP contribution in [0, 0.1) is 6.92 Å². The van der Waals surface area contributed by atoms with Crippen LogP contribution in [-0.4, -0.2) is 43.3 Å². The molecule has 0 atom stereocenters. The van der Waals surface area contributed by atoms with Crippen LogP contribution in [0.2, 0.25) is 0 Å². The van der Waals surface area contributed by atoms with Gasteiger partial charge in [0.15, 0.2) is 0 Å². The zero-order valence-corrected chi connectivity index (χ0v) is 13.5. The molecule has 120 valence electrons. The lowest BCUT2D eigenvalue weighted by Crippen LogP contribution is -2.50. The number of likely N-dealkylation sites (tertiary alicyclic amines) is 1. The Bertz CT molecular complexity index is 518. The standard InChI is InChI=1S/C18H26N2O2/c1-13-4-3-5-14(10-13)15-11-17(12-15)19-16-6-8-20(9-7-16)18(21)22-2/h3-5,10,15-17,19H,6-9,11-12H2,1-2H3. The lowest BCUT2D eigenvalue weighted by atomic mass is 9.75. The minimum absolute atomic E-state index is 0.193. The number of methoxy groups -OCH3 is 1. The summed E-state index contributed by atoms with van der Waals surface area (Å²) in [5, 5.41) is 3.77. The number of amides is 1. The van der Waals surface area contributed by atoms with Gasteiger partial charge in [-0.05, 0) is 44.1 Å². The lowest BCUT2D eigenvalue weighted by Gasteiger charge is -2.41. The second-order valence-electron chi connectivity index (χ2n) is 6.68. The maximum atomic E-state index is 11.5. The monoisotopic (exact) mass is 302 g/mol. The van der Waals surface area contributed by atoms with E-state index < -0.39 is 0 Å². The summed E-state index contributed by atoms with van der Waals surface area (Å²) < 4.78 is 4.78. The fourth-order valence-electron chi connectivity index (χ4n) is 3.64. The summed E-state index contributed by atoms with van der Waals surface area (Å²) in [5.41, 5.74) is 2.84. The highest BCUT2D eigenvalue weighted by Gasteiger charge is 2.33. The van der Waals surface area contributed by atoms with Gasteiger partial charge in [-0.2, -0.15) is 0 Å². The van der Waals surface area contributed by atoms with Crippen molar-refractivity contribution in [2.45, 2.75) is 50.6 Å². The number of carbonyl (C=O) groups excluding carboxylic acids is 1. The van der Waals surface area contributed by atoms with Crippen molar-refractivity contribution in [2.24, 2.45) is 0 Å². The van der Waals surface area contributed by atoms with Crippen molar-refractivity contribution in [2.75, 3.05) is 20.2 Å². The number of ether oxygens (including phenoxy) is 1. The molecule has 4 heteroatoms. The molecule has 0 bridgehead atoms. The zero-order valence-electron chi connectivity index (χ0n) is 13.5. The van der Waals surface area contributed by atoms with Crippen molar-refractivity contribution < 1.29 is 9.53 Å². The topological polar surface area (TPSA) is 41.6 Å². The summed E-state index contributed by atoms with van der Waals surface area (Å²) in [6.45, 7) is 3.77. The van der Waals surface area contributed by atoms with Gasteiger partial charge in [-0.15, -0.1) is 0 Å². The molecule has 0 aromatic heterocycles. The highest BCUT2D eigenvalue weighted by atomic mass is 16.5. The molecule has 1 amide bonds. The maximum absolute atomic E-state index is 11.5. The van der Waals surface area contributed by atoms with Gasteiger partial charge < -0.3 is 15.0 Å². The van der Waals surface area contributed by atoms with Gasteiger partial charge in [-0.25, -0.2) is 4.79 Å². The maximum Gasteiger partial charge on any atom is 0.409 e. The zero-order chi connectivity index (χ0) is 15.5. The smallest absolute Gasteiger partial charge is 0.409 e. The molecule has 1 N–H and O–H groups in total. The number of carbonyl (C=O) groups is 1. The predicted molar refractivity (Wildman–Crippen MR) is 87.1 cm³/mol. The van der Waals surface area contributed by atoms with Crippen LogP contribution in [0.15, 0.2) is 24.3 Å². The van der Waals surface area contributed by atoms with E-state index in [0.29, 0.717) is 18.0 Å². The molecular formula is C18H26N2O2. The third-order valence-electron chi connectivity index (χ3n) is 5.05. The number of rotatable bonds is 3. The number of nitrogens with one attached hydrogen (secondary N) is 1. The van der Waals surface area contributed by atoms with E-state index in [1.165, 1.54) is 31.1 Å². The van der Waals surface area contributed by atoms with Crippen LogP contribution in [0.25, 0.3) is 0 Å². The largest absolute Gasteiger partial charge is 0.453 e. The molecule has 2 aliphatic rings. The van der Waals surface area contributed by atoms with Crippen molar-refractivity contribution in [1.29, 1.82) is 0 Å². The summed E-state index contributed by atoms with van der Waals surface area (Å²) in [6.07, 6.45) is 4.34. The van der Waals surface area contributed by atoms with Crippen molar-refractivity contribution >= 4 is 6.09 Å². The van der Waals surface area contributed by atoms with Crippen molar-refractivity contribution in [3.63, 3.8) is 0 Å². The van der Waals surface area contributed by atoms with E-state index in [2.05, 4.69) is 36.5 Å². The van der Waals surface area contributed by atoms with Gasteiger partial charge in [0.2, 0.25) is 0 Å². The van der Waals surface area contributed by atoms with E-state index >= 15 is 0 Å². The average molecular weight is 302 g/mol. The van der Waals surface area contributed by atoms with E-state index in [0.717, 1.165) is 25.9 Å². The predicted octanol–water partition coefficient (Wildman–Crippen LogP) is 3.06. The summed E-state index contributed by atoms with van der Waals surface area (Å²) in [6, 6.07) is 10.1. The van der Waals surface area contributed by atoms with Crippen LogP contribution in [0.3, 0.4) is 0 Å². The van der Waals surface area contributed by atoms with E-state index in [-0.39, 0.29) is 6.09 Å². The van der Waals surface area contributed by atoms with Crippen molar-refractivity contribution in [1.82, 2.24) is 10.2 Å². The first-order valence-electron chi connectivity index (χ1n) is 8.31. The molecule has 4 nitrogen and oxygen atoms in total. The number of benzene rings is 1. The molecule has 0 radical (unpaired) electrons. The van der Waals surface area contributed by atoms with Crippen molar-refractivity contribution in [3.05, 3.63) is 35.4 Å². The van der Waals surface area contributed by atoms with E-state index in [1.54, 1.807) is 4.90 Å². The fourth-order valence-corrected chi connectivity index (χ4v) is 3.64. The molecular weight excluding hydrogens is 276 g/mol. The van der Waals surface area contributed by atoms with E-state index in [1.807, 2.05) is 0 Å². The van der Waals surface area contributed by atoms with Crippen LogP contribution in [0.5, 0.6) is 0 Å². The van der Waals surface area contributed by atoms with Gasteiger partial charge in [0.1, 0.15) is 0 Å². The molecule has 1 saturated carbocycles. The Morgan fingerprint density at radius 1 is 1.23 bits per heavy atom. The Balaban J connectivity index is 1.41. The Kier molecular flexibility index (Phi) is 4.67. The van der Waals surface area contributed by atoms with Gasteiger partial charge in [0.05, 0.1) is 7.11 Å². The molecule has 1 saturated heterocycles. The molecule has 1 aliphatic carbocycles. The number of hydrogen-bond acceptors (Lipinski definition) is 3. The lowest BCUT2D eigenvalue weighted by molar-refractivity contribution is 0.106. The number of hydrogen-bond donors (Lipinski definition) is 1. The summed E-state index contributed by atoms with van der Waals surface area (Å²) in [4.78, 5) is 13.3. The van der Waals surface area contributed by atoms with E-state index in [9.17, 15) is 4.79 Å². The van der Waals surface area contributed by atoms with Gasteiger partial charge in [-0.1, -0.05) is 29.8 Å². The normalized spacial score (nSPS) is 25.6. The summed E-state index contributed by atoms with van der Waals surface area (Å²) in [7, 11) is 1.45. The SMILES string of the molecule is COC(=O)N1CCC(NC2CC(c3cccc(C)c3)C2)CC1. The second-order valence-corrected chi connectivity index (χ2v) is 6.68. The average Bonchev–Trinajstić information content (AvgIpc) is 2.50. The highest BCUT2D eigenvalue weighted by molar-refractivity contribution is 5.67. The molecule has 1 aliphatic heterocycles. The Hall–Kier alpha value is -1.55. The molecule has 0 unspecified atom stereocenters. The first kappa shape index (κ1) is 15.3. The molecule has 1 aromatic rings. The first-order valence-corrected chi connectivity index (χ1v) is 8.31. The van der Waals surface area contributed by atoms with E-state index in [4.69, 9.17) is 4.74 Å². The quantitative estimate of drug-likeness (QED) is 0.933. The second kappa shape index (κ2) is 6.69. The van der Waals surface area contributed by atoms with Gasteiger partial charge >= 0.3 is 6.09 Å². The number of nitrogens with zero attached hydrogens (tertiary/aromatic N) is 1. The van der Waals surface area contributed by atoms with Crippen LogP contribution in [0.4, 0.5) is 4.79 Å². The molecule has 2 fully saturated rings. The van der Waals surface area contributed by atoms with Crippen LogP contribution < -0.4 is 5.32 Å². The molecule has 1 heterocycles. The Labute approximate surface area is 132 Å². The molecule has 1 aromatic carbocycles. The number of aryl methyl sites for hydroxylation is 1. The molecule has 22 heavy (non-hydrogen) atoms. The minimum atomic E-state index is -0.193. The number of piperidine rings is 1. The highest BCUT2D eigenvalue weighted by Crippen LogP contribution is 2.37. The van der Waals surface area contributed by atoms with Crippen LogP contribution >= 0.6 is 0 Å². The molecule has 3 rings (SSSR count). The van der Waals surface area contributed by atoms with Gasteiger partial charge in [0, 0.05) is 25.2 Å². The van der Waals surface area contributed by atoms with Gasteiger partial charge in [0.25, 0.3) is 0 Å². The summed E-state index contributed by atoms with van der Waals surface area (Å²) in [5.74, 6) is 0.715. The van der Waals surface area contributed by atoms with Gasteiger partial charge in [-0.3, -0.25) is 0 Å². The fraction of sp³-hybridized carbons (Fsp3) is 0.611. The minimum Gasteiger partial charge on any atom is -0.453 e. The first-order chi connectivity index (χ1) is 10.7. The summed E-state index contributed by atoms with van der Waals surface area (Å²) >= 11 is 0. The van der Waals surface area contributed by atoms with Crippen molar-refractivity contribution in [3.8, 4) is 0 Å². The van der Waals surface area contributed by atoms with Crippen LogP contribution in [-0.2, 0) is 4.74 Å². The Morgan fingerprint density at radius 3 is 2.59 bits per heavy atom. The van der Waals surface area contributed by atoms with Crippen LogP contribution in [0.1, 0.15) is 42.7 Å².